The Hall–Kier alpha value is -1.09. The first kappa shape index (κ1) is 13.9. The quantitative estimate of drug-likeness (QED) is 0.920. The van der Waals surface area contributed by atoms with Crippen molar-refractivity contribution < 1.29 is 0 Å². The van der Waals surface area contributed by atoms with Gasteiger partial charge < -0.3 is 10.6 Å². The largest absolute Gasteiger partial charge is 0.356 e. The Kier molecular flexibility index (Phi) is 3.97. The van der Waals surface area contributed by atoms with E-state index >= 15 is 0 Å². The maximum absolute atomic E-state index is 5.97. The lowest BCUT2D eigenvalue weighted by Crippen LogP contribution is -2.40. The smallest absolute Gasteiger partial charge is 0.131 e. The maximum atomic E-state index is 5.97. The van der Waals surface area contributed by atoms with Gasteiger partial charge >= 0.3 is 0 Å². The molecule has 1 unspecified atom stereocenters. The van der Waals surface area contributed by atoms with E-state index in [9.17, 15) is 0 Å². The zero-order chi connectivity index (χ0) is 14.0. The van der Waals surface area contributed by atoms with Crippen molar-refractivity contribution in [1.29, 1.82) is 0 Å². The van der Waals surface area contributed by atoms with E-state index in [1.807, 2.05) is 12.3 Å². The van der Waals surface area contributed by atoms with E-state index in [1.54, 1.807) is 0 Å². The van der Waals surface area contributed by atoms with Crippen LogP contribution in [0.1, 0.15) is 51.0 Å². The summed E-state index contributed by atoms with van der Waals surface area (Å²) in [6.45, 7) is 4.41. The van der Waals surface area contributed by atoms with Gasteiger partial charge in [-0.25, -0.2) is 4.98 Å². The molecule has 1 saturated heterocycles. The van der Waals surface area contributed by atoms with Crippen molar-refractivity contribution in [3.05, 3.63) is 23.9 Å². The number of nitrogens with zero attached hydrogens (tertiary/aromatic N) is 2. The minimum Gasteiger partial charge on any atom is -0.356 e. The fraction of sp³-hybridized carbons (Fsp3) is 0.706. The highest BCUT2D eigenvalue weighted by atomic mass is 15.2. The van der Waals surface area contributed by atoms with Gasteiger partial charge in [0.05, 0.1) is 0 Å². The zero-order valence-corrected chi connectivity index (χ0v) is 12.6. The summed E-state index contributed by atoms with van der Waals surface area (Å²) >= 11 is 0. The van der Waals surface area contributed by atoms with Crippen LogP contribution >= 0.6 is 0 Å². The van der Waals surface area contributed by atoms with Crippen LogP contribution in [0, 0.1) is 5.41 Å². The minimum atomic E-state index is 0.198. The zero-order valence-electron chi connectivity index (χ0n) is 12.6. The molecule has 3 heteroatoms. The predicted octanol–water partition coefficient (Wildman–Crippen LogP) is 3.13. The Labute approximate surface area is 122 Å². The second kappa shape index (κ2) is 5.72. The van der Waals surface area contributed by atoms with Gasteiger partial charge in [-0.1, -0.05) is 18.9 Å². The van der Waals surface area contributed by atoms with Gasteiger partial charge in [-0.05, 0) is 56.1 Å². The van der Waals surface area contributed by atoms with Crippen molar-refractivity contribution in [3.63, 3.8) is 0 Å². The number of hydrogen-bond acceptors (Lipinski definition) is 3. The van der Waals surface area contributed by atoms with Crippen molar-refractivity contribution in [2.45, 2.75) is 57.9 Å². The maximum Gasteiger partial charge on any atom is 0.131 e. The molecule has 0 aromatic carbocycles. The molecule has 0 amide bonds. The third-order valence-corrected chi connectivity index (χ3v) is 5.20. The molecule has 2 fully saturated rings. The normalized spacial score (nSPS) is 23.2. The minimum absolute atomic E-state index is 0.198. The first-order chi connectivity index (χ1) is 9.69. The molecule has 1 aromatic heterocycles. The van der Waals surface area contributed by atoms with Crippen molar-refractivity contribution in [1.82, 2.24) is 4.98 Å². The van der Waals surface area contributed by atoms with Gasteiger partial charge in [0.15, 0.2) is 0 Å². The third-order valence-electron chi connectivity index (χ3n) is 5.20. The van der Waals surface area contributed by atoms with Gasteiger partial charge in [-0.15, -0.1) is 0 Å². The van der Waals surface area contributed by atoms with Crippen LogP contribution < -0.4 is 10.6 Å². The summed E-state index contributed by atoms with van der Waals surface area (Å²) in [5, 5.41) is 0. The molecule has 2 heterocycles. The number of nitrogens with two attached hydrogens (primary N) is 1. The highest BCUT2D eigenvalue weighted by Crippen LogP contribution is 2.46. The van der Waals surface area contributed by atoms with E-state index in [-0.39, 0.29) is 6.04 Å². The summed E-state index contributed by atoms with van der Waals surface area (Å²) in [7, 11) is 0. The number of hydrogen-bond donors (Lipinski definition) is 1. The fourth-order valence-corrected chi connectivity index (χ4v) is 4.04. The number of anilines is 1. The predicted molar refractivity (Wildman–Crippen MR) is 83.9 cm³/mol. The summed E-state index contributed by atoms with van der Waals surface area (Å²) in [5.41, 5.74) is 7.95. The first-order valence-electron chi connectivity index (χ1n) is 8.13. The van der Waals surface area contributed by atoms with Crippen LogP contribution in [0.15, 0.2) is 18.3 Å². The second-order valence-electron chi connectivity index (χ2n) is 6.86. The van der Waals surface area contributed by atoms with Crippen LogP contribution in [0.25, 0.3) is 0 Å². The molecule has 3 nitrogen and oxygen atoms in total. The molecular weight excluding hydrogens is 246 g/mol. The van der Waals surface area contributed by atoms with Crippen LogP contribution in [0.2, 0.25) is 0 Å². The van der Waals surface area contributed by atoms with Crippen LogP contribution in [-0.4, -0.2) is 24.1 Å². The molecule has 1 aliphatic carbocycles. The molecule has 2 N–H and O–H groups in total. The molecule has 110 valence electrons. The molecule has 2 aliphatic rings. The van der Waals surface area contributed by atoms with Gasteiger partial charge in [0, 0.05) is 25.3 Å². The van der Waals surface area contributed by atoms with Crippen LogP contribution in [0.5, 0.6) is 0 Å². The summed E-state index contributed by atoms with van der Waals surface area (Å²) in [5.74, 6) is 1.18. The first-order valence-corrected chi connectivity index (χ1v) is 8.13. The lowest BCUT2D eigenvalue weighted by atomic mass is 9.77. The third kappa shape index (κ3) is 2.83. The number of piperidine rings is 1. The van der Waals surface area contributed by atoms with Crippen molar-refractivity contribution >= 4 is 5.82 Å². The van der Waals surface area contributed by atoms with E-state index in [0.717, 1.165) is 6.42 Å². The summed E-state index contributed by atoms with van der Waals surface area (Å²) in [6.07, 6.45) is 11.3. The van der Waals surface area contributed by atoms with E-state index in [2.05, 4.69) is 22.9 Å². The monoisotopic (exact) mass is 273 g/mol. The van der Waals surface area contributed by atoms with E-state index in [4.69, 9.17) is 5.73 Å². The van der Waals surface area contributed by atoms with Crippen LogP contribution in [-0.2, 0) is 6.42 Å². The van der Waals surface area contributed by atoms with Gasteiger partial charge in [0.1, 0.15) is 5.82 Å². The molecule has 1 aromatic rings. The molecule has 1 saturated carbocycles. The molecule has 1 spiro atoms. The Morgan fingerprint density at radius 1 is 1.25 bits per heavy atom. The lowest BCUT2D eigenvalue weighted by Gasteiger charge is -2.40. The van der Waals surface area contributed by atoms with E-state index in [0.29, 0.717) is 5.41 Å². The summed E-state index contributed by atoms with van der Waals surface area (Å²) < 4.78 is 0. The van der Waals surface area contributed by atoms with Crippen molar-refractivity contribution in [3.8, 4) is 0 Å². The molecule has 3 rings (SSSR count). The molecular formula is C17H27N3. The van der Waals surface area contributed by atoms with Gasteiger partial charge in [-0.3, -0.25) is 0 Å². The lowest BCUT2D eigenvalue weighted by molar-refractivity contribution is 0.226. The Morgan fingerprint density at radius 2 is 1.95 bits per heavy atom. The molecule has 20 heavy (non-hydrogen) atoms. The second-order valence-corrected chi connectivity index (χ2v) is 6.86. The Morgan fingerprint density at radius 3 is 2.60 bits per heavy atom. The van der Waals surface area contributed by atoms with Gasteiger partial charge in [0.25, 0.3) is 0 Å². The topological polar surface area (TPSA) is 42.1 Å². The fourth-order valence-electron chi connectivity index (χ4n) is 4.04. The van der Waals surface area contributed by atoms with Gasteiger partial charge in [-0.2, -0.15) is 0 Å². The van der Waals surface area contributed by atoms with Crippen molar-refractivity contribution in [2.75, 3.05) is 18.0 Å². The van der Waals surface area contributed by atoms with E-state index in [1.165, 1.54) is 63.0 Å². The standard InChI is InChI=1S/C17H27N3/c1-14(18)13-15-5-4-10-19-16(15)20-11-8-17(9-12-20)6-2-3-7-17/h4-5,10,14H,2-3,6-9,11-13,18H2,1H3. The molecule has 0 radical (unpaired) electrons. The van der Waals surface area contributed by atoms with E-state index < -0.39 is 0 Å². The Balaban J connectivity index is 1.71. The average molecular weight is 273 g/mol. The van der Waals surface area contributed by atoms with Gasteiger partial charge in [0.2, 0.25) is 0 Å². The highest BCUT2D eigenvalue weighted by molar-refractivity contribution is 5.47. The molecule has 0 bridgehead atoms. The van der Waals surface area contributed by atoms with Crippen LogP contribution in [0.3, 0.4) is 0 Å². The number of aromatic nitrogens is 1. The SMILES string of the molecule is CC(N)Cc1cccnc1N1CCC2(CCCC2)CC1. The number of pyridine rings is 1. The number of rotatable bonds is 3. The van der Waals surface area contributed by atoms with Crippen LogP contribution in [0.4, 0.5) is 5.82 Å². The summed E-state index contributed by atoms with van der Waals surface area (Å²) in [4.78, 5) is 7.13. The molecule has 1 atom stereocenters. The van der Waals surface area contributed by atoms with Crippen molar-refractivity contribution in [2.24, 2.45) is 11.1 Å². The highest BCUT2D eigenvalue weighted by Gasteiger charge is 2.37. The average Bonchev–Trinajstić information content (AvgIpc) is 2.88. The molecule has 1 aliphatic heterocycles. The summed E-state index contributed by atoms with van der Waals surface area (Å²) in [6, 6.07) is 4.42. The Bertz CT molecular complexity index is 439.